The Balaban J connectivity index is 1.73. The fourth-order valence-electron chi connectivity index (χ4n) is 3.96. The summed E-state index contributed by atoms with van der Waals surface area (Å²) in [4.78, 5) is 31.7. The van der Waals surface area contributed by atoms with Crippen molar-refractivity contribution in [3.63, 3.8) is 0 Å². The molecule has 9 nitrogen and oxygen atoms in total. The van der Waals surface area contributed by atoms with Crippen LogP contribution in [0.25, 0.3) is 0 Å². The quantitative estimate of drug-likeness (QED) is 0.607. The number of amidine groups is 1. The summed E-state index contributed by atoms with van der Waals surface area (Å²) < 4.78 is 7.13. The Morgan fingerprint density at radius 2 is 2.21 bits per heavy atom. The number of fused-ring (bicyclic) bond motifs is 1. The normalized spacial score (nSPS) is 19.8. The zero-order valence-corrected chi connectivity index (χ0v) is 16.4. The second kappa shape index (κ2) is 7.31. The van der Waals surface area contributed by atoms with Gasteiger partial charge in [0, 0.05) is 32.5 Å². The van der Waals surface area contributed by atoms with Gasteiger partial charge in [0.15, 0.2) is 5.84 Å². The Morgan fingerprint density at radius 3 is 2.93 bits per heavy atom. The van der Waals surface area contributed by atoms with E-state index in [1.54, 1.807) is 11.6 Å². The Kier molecular flexibility index (Phi) is 4.84. The number of ether oxygens (including phenoxy) is 1. The molecule has 0 amide bonds. The lowest BCUT2D eigenvalue weighted by molar-refractivity contribution is 0.193. The molecule has 2 N–H and O–H groups in total. The molecule has 9 heteroatoms. The van der Waals surface area contributed by atoms with E-state index < -0.39 is 0 Å². The maximum Gasteiger partial charge on any atom is 0.258 e. The van der Waals surface area contributed by atoms with E-state index in [4.69, 9.17) is 10.1 Å². The molecule has 0 radical (unpaired) electrons. The summed E-state index contributed by atoms with van der Waals surface area (Å²) in [5.41, 5.74) is 3.26. The van der Waals surface area contributed by atoms with Gasteiger partial charge in [0.2, 0.25) is 0 Å². The molecule has 0 unspecified atom stereocenters. The Bertz CT molecular complexity index is 998. The number of imidazole rings is 1. The number of aryl methyl sites for hydroxylation is 2. The molecule has 1 saturated heterocycles. The average Bonchev–Trinajstić information content (AvgIpc) is 3.34. The molecule has 2 aliphatic rings. The molecule has 0 spiro atoms. The first-order valence-corrected chi connectivity index (χ1v) is 9.51. The van der Waals surface area contributed by atoms with Crippen molar-refractivity contribution < 1.29 is 4.74 Å². The summed E-state index contributed by atoms with van der Waals surface area (Å²) in [7, 11) is 1.74. The summed E-state index contributed by atoms with van der Waals surface area (Å²) in [6.07, 6.45) is 2.63. The van der Waals surface area contributed by atoms with Crippen molar-refractivity contribution >= 4 is 12.2 Å². The van der Waals surface area contributed by atoms with Crippen LogP contribution in [0.15, 0.2) is 9.79 Å². The van der Waals surface area contributed by atoms with E-state index in [0.717, 1.165) is 48.1 Å². The molecule has 28 heavy (non-hydrogen) atoms. The fraction of sp³-hybridized carbons (Fsp3) is 0.526. The number of aromatic amines is 1. The van der Waals surface area contributed by atoms with E-state index in [9.17, 15) is 4.79 Å². The molecule has 0 saturated carbocycles. The highest BCUT2D eigenvalue weighted by atomic mass is 16.5. The summed E-state index contributed by atoms with van der Waals surface area (Å²) in [5, 5.41) is 7.56. The van der Waals surface area contributed by atoms with Gasteiger partial charge >= 0.3 is 0 Å². The number of nitrogens with one attached hydrogen (secondary N) is 2. The van der Waals surface area contributed by atoms with E-state index in [0.29, 0.717) is 37.5 Å². The Hall–Kier alpha value is -2.81. The molecule has 1 fully saturated rings. The number of nitrogens with zero attached hydrogens (tertiary/aromatic N) is 5. The van der Waals surface area contributed by atoms with Gasteiger partial charge in [0.05, 0.1) is 30.1 Å². The smallest absolute Gasteiger partial charge is 0.258 e. The van der Waals surface area contributed by atoms with Crippen molar-refractivity contribution in [3.8, 4) is 0 Å². The molecule has 1 atom stereocenters. The minimum absolute atomic E-state index is 0.0240. The maximum atomic E-state index is 12.8. The van der Waals surface area contributed by atoms with E-state index in [2.05, 4.69) is 19.9 Å². The first-order chi connectivity index (χ1) is 13.5. The molecule has 4 rings (SSSR count). The molecular weight excluding hydrogens is 358 g/mol. The van der Waals surface area contributed by atoms with Gasteiger partial charge in [-0.1, -0.05) is 0 Å². The van der Waals surface area contributed by atoms with Crippen molar-refractivity contribution in [3.05, 3.63) is 44.6 Å². The van der Waals surface area contributed by atoms with Crippen LogP contribution in [0.1, 0.15) is 46.6 Å². The second-order valence-electron chi connectivity index (χ2n) is 7.35. The predicted octanol–water partition coefficient (Wildman–Crippen LogP) is 1.04. The number of hydrogen-bond donors (Lipinski definition) is 2. The molecule has 4 heterocycles. The van der Waals surface area contributed by atoms with Crippen molar-refractivity contribution in [2.24, 2.45) is 12.0 Å². The second-order valence-corrected chi connectivity index (χ2v) is 7.35. The molecule has 2 aromatic heterocycles. The number of H-pyrrole nitrogens is 1. The minimum atomic E-state index is -0.0240. The number of hydrogen-bond acceptors (Lipinski definition) is 5. The van der Waals surface area contributed by atoms with E-state index >= 15 is 0 Å². The first kappa shape index (κ1) is 18.5. The average molecular weight is 383 g/mol. The lowest BCUT2D eigenvalue weighted by Gasteiger charge is -2.30. The first-order valence-electron chi connectivity index (χ1n) is 9.51. The van der Waals surface area contributed by atoms with Gasteiger partial charge in [0.25, 0.3) is 5.56 Å². The van der Waals surface area contributed by atoms with Gasteiger partial charge in [-0.25, -0.2) is 15.0 Å². The molecule has 2 aromatic rings. The van der Waals surface area contributed by atoms with Gasteiger partial charge < -0.3 is 14.6 Å². The molecule has 2 aliphatic heterocycles. The molecular formula is C19H25N7O2. The van der Waals surface area contributed by atoms with Crippen LogP contribution in [0.3, 0.4) is 0 Å². The van der Waals surface area contributed by atoms with E-state index in [-0.39, 0.29) is 11.5 Å². The topological polar surface area (TPSA) is 112 Å². The zero-order valence-electron chi connectivity index (χ0n) is 16.4. The van der Waals surface area contributed by atoms with Crippen molar-refractivity contribution in [1.29, 1.82) is 5.41 Å². The van der Waals surface area contributed by atoms with Crippen LogP contribution in [0.5, 0.6) is 0 Å². The fourth-order valence-corrected chi connectivity index (χ4v) is 3.96. The van der Waals surface area contributed by atoms with Crippen molar-refractivity contribution in [2.75, 3.05) is 19.8 Å². The number of rotatable bonds is 3. The van der Waals surface area contributed by atoms with E-state index in [1.165, 1.54) is 0 Å². The van der Waals surface area contributed by atoms with Crippen LogP contribution in [0.4, 0.5) is 0 Å². The zero-order chi connectivity index (χ0) is 19.8. The van der Waals surface area contributed by atoms with Gasteiger partial charge in [-0.05, 0) is 20.3 Å². The summed E-state index contributed by atoms with van der Waals surface area (Å²) in [6.45, 7) is 6.23. The minimum Gasteiger partial charge on any atom is -0.381 e. The third-order valence-electron chi connectivity index (χ3n) is 5.55. The highest BCUT2D eigenvalue weighted by Crippen LogP contribution is 2.28. The van der Waals surface area contributed by atoms with Gasteiger partial charge in [-0.3, -0.25) is 14.8 Å². The Morgan fingerprint density at radius 1 is 1.39 bits per heavy atom. The third-order valence-corrected chi connectivity index (χ3v) is 5.55. The SMILES string of the molecule is Cc1nc(C(=NC=N)N2CCc3nc(C)n(C)c(=O)c3C2)c([C@@H]2CCOC2)[nH]1. The number of aromatic nitrogens is 4. The van der Waals surface area contributed by atoms with Gasteiger partial charge in [-0.2, -0.15) is 0 Å². The van der Waals surface area contributed by atoms with Crippen LogP contribution >= 0.6 is 0 Å². The lowest BCUT2D eigenvalue weighted by atomic mass is 10.0. The van der Waals surface area contributed by atoms with E-state index in [1.807, 2.05) is 18.7 Å². The van der Waals surface area contributed by atoms with Crippen LogP contribution in [0.2, 0.25) is 0 Å². The predicted molar refractivity (Wildman–Crippen MR) is 105 cm³/mol. The van der Waals surface area contributed by atoms with Crippen molar-refractivity contribution in [1.82, 2.24) is 24.4 Å². The van der Waals surface area contributed by atoms with Crippen LogP contribution in [-0.4, -0.2) is 56.4 Å². The van der Waals surface area contributed by atoms with Gasteiger partial charge in [0.1, 0.15) is 23.7 Å². The Labute approximate surface area is 163 Å². The van der Waals surface area contributed by atoms with Crippen LogP contribution in [-0.2, 0) is 24.8 Å². The molecule has 0 bridgehead atoms. The molecule has 0 aliphatic carbocycles. The molecule has 0 aromatic carbocycles. The monoisotopic (exact) mass is 383 g/mol. The third kappa shape index (κ3) is 3.15. The maximum absolute atomic E-state index is 12.8. The largest absolute Gasteiger partial charge is 0.381 e. The summed E-state index contributed by atoms with van der Waals surface area (Å²) in [6, 6.07) is 0. The standard InChI is InChI=1S/C19H25N7O2/c1-11-22-16(13-5-7-28-9-13)17(23-11)18(21-10-20)26-6-4-15-14(8-26)19(27)25(3)12(2)24-15/h10,13,20H,4-9H2,1-3H3,(H,22,23)/t13-/m1/s1. The van der Waals surface area contributed by atoms with Gasteiger partial charge in [-0.15, -0.1) is 0 Å². The summed E-state index contributed by atoms with van der Waals surface area (Å²) >= 11 is 0. The van der Waals surface area contributed by atoms with Crippen LogP contribution in [0, 0.1) is 19.3 Å². The molecule has 148 valence electrons. The highest BCUT2D eigenvalue weighted by molar-refractivity contribution is 6.01. The lowest BCUT2D eigenvalue weighted by Crippen LogP contribution is -2.42. The highest BCUT2D eigenvalue weighted by Gasteiger charge is 2.30. The number of aliphatic imine (C=N–C) groups is 1. The van der Waals surface area contributed by atoms with Crippen molar-refractivity contribution in [2.45, 2.75) is 39.2 Å². The summed E-state index contributed by atoms with van der Waals surface area (Å²) in [5.74, 6) is 2.38. The van der Waals surface area contributed by atoms with Crippen LogP contribution < -0.4 is 5.56 Å².